The van der Waals surface area contributed by atoms with Crippen molar-refractivity contribution in [2.45, 2.75) is 37.8 Å². The van der Waals surface area contributed by atoms with Crippen LogP contribution in [0.1, 0.15) is 19.3 Å². The molecule has 6 heteroatoms. The van der Waals surface area contributed by atoms with Gasteiger partial charge in [0.05, 0.1) is 0 Å². The van der Waals surface area contributed by atoms with Gasteiger partial charge in [-0.25, -0.2) is 0 Å². The van der Waals surface area contributed by atoms with Crippen LogP contribution in [0.5, 0.6) is 0 Å². The van der Waals surface area contributed by atoms with E-state index in [1.807, 2.05) is 7.05 Å². The number of hydrogen-bond acceptors (Lipinski definition) is 0. The molecule has 0 saturated heterocycles. The molecule has 19 heavy (non-hydrogen) atoms. The van der Waals surface area contributed by atoms with Crippen molar-refractivity contribution < 1.29 is 26.2 Å². The van der Waals surface area contributed by atoms with Crippen LogP contribution >= 0.6 is 11.6 Å². The summed E-state index contributed by atoms with van der Waals surface area (Å²) in [4.78, 5) is 0. The maximum Gasteiger partial charge on any atom is 4.00 e. The van der Waals surface area contributed by atoms with Crippen LogP contribution in [-0.4, -0.2) is 47.5 Å². The summed E-state index contributed by atoms with van der Waals surface area (Å²) in [5, 5.41) is 11.7. The van der Waals surface area contributed by atoms with E-state index in [1.165, 1.54) is 25.6 Å². The second-order valence-corrected chi connectivity index (χ2v) is 5.00. The Morgan fingerprint density at radius 3 is 1.74 bits per heavy atom. The molecule has 0 bridgehead atoms. The van der Waals surface area contributed by atoms with Crippen LogP contribution in [0.3, 0.4) is 0 Å². The van der Waals surface area contributed by atoms with E-state index in [2.05, 4.69) is 22.7 Å². The number of hydrogen-bond donors (Lipinski definition) is 0. The molecule has 2 atom stereocenters. The Hall–Kier alpha value is 1.12. The van der Waals surface area contributed by atoms with Crippen molar-refractivity contribution in [3.63, 3.8) is 0 Å². The van der Waals surface area contributed by atoms with Gasteiger partial charge in [-0.15, -0.1) is 18.4 Å². The van der Waals surface area contributed by atoms with Crippen LogP contribution in [0.25, 0.3) is 15.9 Å². The second-order valence-electron chi connectivity index (χ2n) is 4.44. The standard InChI is InChI=1S/C8H16BClN.2C2H6N.CH3.Zr/c1-9(11-2)6-7-4-3-5-8(7)10;2*1-3-2;;/h7-8H,3-6H2,1-2H3;2*1-2H3;1H3;/q4*-1;+4/t7-,8?;;;;/m0..../s1. The number of halogens is 1. The summed E-state index contributed by atoms with van der Waals surface area (Å²) in [5.74, 6) is 0.732. The third-order valence-corrected chi connectivity index (χ3v) is 3.23. The van der Waals surface area contributed by atoms with Gasteiger partial charge in [-0.1, -0.05) is 12.7 Å². The fraction of sp³-hybridized carbons (Fsp3) is 0.923. The predicted molar refractivity (Wildman–Crippen MR) is 89.5 cm³/mol. The summed E-state index contributed by atoms with van der Waals surface area (Å²) in [6, 6.07) is 0. The first-order valence-electron chi connectivity index (χ1n) is 6.26. The van der Waals surface area contributed by atoms with Gasteiger partial charge in [-0.3, -0.25) is 0 Å². The van der Waals surface area contributed by atoms with Crippen LogP contribution in [0.2, 0.25) is 13.1 Å². The van der Waals surface area contributed by atoms with Gasteiger partial charge in [0.2, 0.25) is 0 Å². The Morgan fingerprint density at radius 2 is 1.47 bits per heavy atom. The molecule has 0 aromatic rings. The van der Waals surface area contributed by atoms with Crippen LogP contribution < -0.4 is 0 Å². The maximum absolute atomic E-state index is 6.14. The fourth-order valence-electron chi connectivity index (χ4n) is 1.80. The van der Waals surface area contributed by atoms with Crippen LogP contribution in [0, 0.1) is 13.3 Å². The average molecular weight is 367 g/mol. The first-order chi connectivity index (χ1) is 8.06. The summed E-state index contributed by atoms with van der Waals surface area (Å²) in [6.45, 7) is 2.67. The first-order valence-corrected chi connectivity index (χ1v) is 6.69. The van der Waals surface area contributed by atoms with E-state index in [9.17, 15) is 0 Å². The van der Waals surface area contributed by atoms with Crippen molar-refractivity contribution in [1.29, 1.82) is 0 Å². The zero-order valence-corrected chi connectivity index (χ0v) is 17.0. The Bertz CT molecular complexity index is 154. The van der Waals surface area contributed by atoms with Crippen molar-refractivity contribution in [2.24, 2.45) is 5.92 Å². The third kappa shape index (κ3) is 19.1. The zero-order valence-electron chi connectivity index (χ0n) is 13.8. The fourth-order valence-corrected chi connectivity index (χ4v) is 2.18. The second kappa shape index (κ2) is 21.4. The molecule has 0 aromatic carbocycles. The topological polar surface area (TPSA) is 42.3 Å². The Kier molecular flexibility index (Phi) is 31.9. The van der Waals surface area contributed by atoms with Crippen LogP contribution in [0.15, 0.2) is 0 Å². The Morgan fingerprint density at radius 1 is 1.05 bits per heavy atom. The normalized spacial score (nSPS) is 19.7. The van der Waals surface area contributed by atoms with E-state index in [0.29, 0.717) is 12.2 Å². The van der Waals surface area contributed by atoms with Crippen molar-refractivity contribution in [2.75, 3.05) is 35.2 Å². The van der Waals surface area contributed by atoms with Gasteiger partial charge in [0.1, 0.15) is 0 Å². The molecule has 0 aromatic heterocycles. The Balaban J connectivity index is -0.000000122. The molecule has 1 saturated carbocycles. The van der Waals surface area contributed by atoms with E-state index >= 15 is 0 Å². The zero-order chi connectivity index (χ0) is 13.7. The van der Waals surface area contributed by atoms with Crippen LogP contribution in [0.4, 0.5) is 0 Å². The number of alkyl halides is 1. The molecule has 1 rings (SSSR count). The molecule has 0 radical (unpaired) electrons. The van der Waals surface area contributed by atoms with Crippen molar-refractivity contribution >= 4 is 18.4 Å². The quantitative estimate of drug-likeness (QED) is 0.394. The number of rotatable bonds is 3. The summed E-state index contributed by atoms with van der Waals surface area (Å²) in [6.07, 6.45) is 5.02. The minimum absolute atomic E-state index is 0. The van der Waals surface area contributed by atoms with E-state index in [-0.39, 0.29) is 33.6 Å². The molecule has 1 aliphatic rings. The Labute approximate surface area is 146 Å². The molecule has 1 unspecified atom stereocenters. The van der Waals surface area contributed by atoms with E-state index < -0.39 is 0 Å². The summed E-state index contributed by atoms with van der Waals surface area (Å²) < 4.78 is 0. The SMILES string of the molecule is C[N-]B(C)C[C@@H]1CCCC1Cl.C[N-]C.C[N-]C.[CH3-].[Zr+4]. The molecule has 1 fully saturated rings. The molecule has 0 spiro atoms. The van der Waals surface area contributed by atoms with E-state index in [1.54, 1.807) is 28.2 Å². The van der Waals surface area contributed by atoms with Crippen molar-refractivity contribution in [3.05, 3.63) is 23.3 Å². The van der Waals surface area contributed by atoms with Gasteiger partial charge in [-0.2, -0.15) is 35.2 Å². The summed E-state index contributed by atoms with van der Waals surface area (Å²) >= 11 is 6.14. The maximum atomic E-state index is 6.14. The van der Waals surface area contributed by atoms with E-state index in [4.69, 9.17) is 11.6 Å². The van der Waals surface area contributed by atoms with Gasteiger partial charge in [0.15, 0.2) is 0 Å². The molecule has 0 amide bonds. The molecular formula is C13H31BClN3Zr. The summed E-state index contributed by atoms with van der Waals surface area (Å²) in [5.41, 5.74) is 0. The minimum Gasteiger partial charge on any atom is -0.689 e. The first kappa shape index (κ1) is 28.3. The largest absolute Gasteiger partial charge is 4.00 e. The van der Waals surface area contributed by atoms with Gasteiger partial charge < -0.3 is 23.3 Å². The smallest absolute Gasteiger partial charge is 0.689 e. The third-order valence-electron chi connectivity index (χ3n) is 2.65. The van der Waals surface area contributed by atoms with Crippen molar-refractivity contribution in [3.8, 4) is 0 Å². The predicted octanol–water partition coefficient (Wildman–Crippen LogP) is 4.71. The van der Waals surface area contributed by atoms with Gasteiger partial charge in [0.25, 0.3) is 0 Å². The molecule has 3 nitrogen and oxygen atoms in total. The molecule has 0 N–H and O–H groups in total. The van der Waals surface area contributed by atoms with Gasteiger partial charge in [-0.05, 0) is 18.8 Å². The van der Waals surface area contributed by atoms with E-state index in [0.717, 1.165) is 5.92 Å². The molecule has 112 valence electrons. The molecular weight excluding hydrogens is 336 g/mol. The van der Waals surface area contributed by atoms with Crippen molar-refractivity contribution in [1.82, 2.24) is 0 Å². The summed E-state index contributed by atoms with van der Waals surface area (Å²) in [7, 11) is 8.89. The molecule has 1 aliphatic carbocycles. The average Bonchev–Trinajstić information content (AvgIpc) is 2.66. The number of nitrogens with zero attached hydrogens (tertiary/aromatic N) is 3. The molecule has 0 heterocycles. The minimum atomic E-state index is 0. The van der Waals surface area contributed by atoms with Gasteiger partial charge in [0, 0.05) is 12.2 Å². The van der Waals surface area contributed by atoms with Crippen LogP contribution in [-0.2, 0) is 26.2 Å². The monoisotopic (exact) mass is 365 g/mol. The van der Waals surface area contributed by atoms with Gasteiger partial charge >= 0.3 is 26.2 Å². The molecule has 0 aliphatic heterocycles.